The molecule has 2 aromatic rings. The summed E-state index contributed by atoms with van der Waals surface area (Å²) in [5.41, 5.74) is 2.28. The van der Waals surface area contributed by atoms with Crippen molar-refractivity contribution in [2.45, 2.75) is 47.5 Å². The first kappa shape index (κ1) is 23.4. The molecule has 142 valence electrons. The highest BCUT2D eigenvalue weighted by molar-refractivity contribution is 5.94. The molecule has 0 N–H and O–H groups in total. The summed E-state index contributed by atoms with van der Waals surface area (Å²) in [4.78, 5) is 22.2. The molecule has 0 aliphatic heterocycles. The Labute approximate surface area is 157 Å². The predicted octanol–water partition coefficient (Wildman–Crippen LogP) is 5.22. The van der Waals surface area contributed by atoms with Gasteiger partial charge in [0.05, 0.1) is 7.11 Å². The monoisotopic (exact) mass is 358 g/mol. The Bertz CT molecular complexity index is 643. The molecular weight excluding hydrogens is 328 g/mol. The summed E-state index contributed by atoms with van der Waals surface area (Å²) in [6.07, 6.45) is 0.583. The van der Waals surface area contributed by atoms with Crippen molar-refractivity contribution in [2.75, 3.05) is 7.11 Å². The van der Waals surface area contributed by atoms with Gasteiger partial charge in [-0.2, -0.15) is 0 Å². The Kier molecular flexibility index (Phi) is 12.3. The quantitative estimate of drug-likeness (QED) is 0.403. The van der Waals surface area contributed by atoms with Crippen LogP contribution in [0.4, 0.5) is 0 Å². The van der Waals surface area contributed by atoms with Crippen LogP contribution in [-0.4, -0.2) is 18.9 Å². The normalized spacial score (nSPS) is 9.00. The lowest BCUT2D eigenvalue weighted by molar-refractivity contribution is -0.137. The van der Waals surface area contributed by atoms with Crippen LogP contribution in [0, 0.1) is 0 Å². The zero-order valence-corrected chi connectivity index (χ0v) is 16.7. The minimum atomic E-state index is -0.532. The van der Waals surface area contributed by atoms with E-state index in [-0.39, 0.29) is 12.2 Å². The van der Waals surface area contributed by atoms with E-state index in [1.165, 1.54) is 12.5 Å². The molecule has 0 atom stereocenters. The Morgan fingerprint density at radius 1 is 0.769 bits per heavy atom. The zero-order chi connectivity index (χ0) is 19.9. The lowest BCUT2D eigenvalue weighted by atomic mass is 10.0. The van der Waals surface area contributed by atoms with E-state index in [0.717, 1.165) is 17.7 Å². The third kappa shape index (κ3) is 9.02. The maximum Gasteiger partial charge on any atom is 0.318 e. The minimum Gasteiger partial charge on any atom is -0.497 e. The van der Waals surface area contributed by atoms with E-state index in [1.807, 2.05) is 64.1 Å². The first-order chi connectivity index (χ1) is 12.6. The number of esters is 1. The van der Waals surface area contributed by atoms with Crippen molar-refractivity contribution in [3.8, 4) is 11.5 Å². The predicted molar refractivity (Wildman–Crippen MR) is 106 cm³/mol. The molecule has 0 amide bonds. The van der Waals surface area contributed by atoms with Gasteiger partial charge in [0.1, 0.15) is 23.7 Å². The average Bonchev–Trinajstić information content (AvgIpc) is 2.66. The molecule has 0 saturated carbocycles. The SMILES string of the molecule is CC.CC.COc1ccc(Cc2ccc(OC(=O)CC(C)=O)cc2)cc1. The van der Waals surface area contributed by atoms with Gasteiger partial charge in [-0.05, 0) is 48.7 Å². The largest absolute Gasteiger partial charge is 0.497 e. The van der Waals surface area contributed by atoms with Crippen molar-refractivity contribution in [1.82, 2.24) is 0 Å². The molecule has 2 rings (SSSR count). The van der Waals surface area contributed by atoms with Gasteiger partial charge in [0.2, 0.25) is 0 Å². The van der Waals surface area contributed by atoms with Gasteiger partial charge < -0.3 is 9.47 Å². The van der Waals surface area contributed by atoms with E-state index in [4.69, 9.17) is 9.47 Å². The second kappa shape index (κ2) is 13.6. The molecule has 0 aromatic heterocycles. The Morgan fingerprint density at radius 2 is 1.19 bits per heavy atom. The standard InChI is InChI=1S/C18H18O4.2C2H6/c1-13(19)11-18(20)22-17-9-5-15(6-10-17)12-14-3-7-16(21-2)8-4-14;2*1-2/h3-10H,11-12H2,1-2H3;2*1-2H3. The van der Waals surface area contributed by atoms with Crippen molar-refractivity contribution >= 4 is 11.8 Å². The van der Waals surface area contributed by atoms with Gasteiger partial charge in [0, 0.05) is 0 Å². The number of methoxy groups -OCH3 is 1. The maximum atomic E-state index is 11.4. The van der Waals surface area contributed by atoms with Gasteiger partial charge in [0.25, 0.3) is 0 Å². The second-order valence-corrected chi connectivity index (χ2v) is 5.02. The molecule has 0 unspecified atom stereocenters. The van der Waals surface area contributed by atoms with E-state index in [9.17, 15) is 9.59 Å². The van der Waals surface area contributed by atoms with Crippen LogP contribution in [0.3, 0.4) is 0 Å². The van der Waals surface area contributed by atoms with Crippen LogP contribution in [0.1, 0.15) is 52.2 Å². The van der Waals surface area contributed by atoms with Crippen LogP contribution in [0.5, 0.6) is 11.5 Å². The molecule has 0 bridgehead atoms. The number of carbonyl (C=O) groups excluding carboxylic acids is 2. The first-order valence-corrected chi connectivity index (χ1v) is 8.99. The van der Waals surface area contributed by atoms with E-state index < -0.39 is 5.97 Å². The van der Waals surface area contributed by atoms with Crippen molar-refractivity contribution in [3.63, 3.8) is 0 Å². The van der Waals surface area contributed by atoms with Crippen molar-refractivity contribution in [1.29, 1.82) is 0 Å². The number of hydrogen-bond acceptors (Lipinski definition) is 4. The van der Waals surface area contributed by atoms with Crippen LogP contribution in [-0.2, 0) is 16.0 Å². The minimum absolute atomic E-state index is 0.201. The number of ether oxygens (including phenoxy) is 2. The first-order valence-electron chi connectivity index (χ1n) is 8.99. The number of Topliss-reactive ketones (excluding diaryl/α,β-unsaturated/α-hetero) is 1. The van der Waals surface area contributed by atoms with Crippen LogP contribution in [0.15, 0.2) is 48.5 Å². The summed E-state index contributed by atoms with van der Waals surface area (Å²) < 4.78 is 10.2. The molecule has 0 radical (unpaired) electrons. The lowest BCUT2D eigenvalue weighted by Crippen LogP contribution is -2.11. The maximum absolute atomic E-state index is 11.4. The van der Waals surface area contributed by atoms with Crippen molar-refractivity contribution in [2.24, 2.45) is 0 Å². The van der Waals surface area contributed by atoms with E-state index in [0.29, 0.717) is 5.75 Å². The number of hydrogen-bond donors (Lipinski definition) is 0. The molecule has 4 heteroatoms. The Hall–Kier alpha value is -2.62. The average molecular weight is 358 g/mol. The summed E-state index contributed by atoms with van der Waals surface area (Å²) in [6.45, 7) is 9.36. The van der Waals surface area contributed by atoms with Gasteiger partial charge in [0.15, 0.2) is 0 Å². The van der Waals surface area contributed by atoms with Gasteiger partial charge in [-0.3, -0.25) is 9.59 Å². The van der Waals surface area contributed by atoms with Crippen LogP contribution in [0.25, 0.3) is 0 Å². The second-order valence-electron chi connectivity index (χ2n) is 5.02. The molecule has 2 aromatic carbocycles. The molecule has 0 aliphatic carbocycles. The van der Waals surface area contributed by atoms with Crippen LogP contribution >= 0.6 is 0 Å². The summed E-state index contributed by atoms with van der Waals surface area (Å²) in [7, 11) is 1.64. The van der Waals surface area contributed by atoms with Gasteiger partial charge in [-0.15, -0.1) is 0 Å². The fourth-order valence-corrected chi connectivity index (χ4v) is 2.03. The fourth-order valence-electron chi connectivity index (χ4n) is 2.03. The molecule has 26 heavy (non-hydrogen) atoms. The van der Waals surface area contributed by atoms with Crippen molar-refractivity contribution < 1.29 is 19.1 Å². The molecule has 0 spiro atoms. The van der Waals surface area contributed by atoms with Crippen LogP contribution in [0.2, 0.25) is 0 Å². The van der Waals surface area contributed by atoms with E-state index >= 15 is 0 Å². The summed E-state index contributed by atoms with van der Waals surface area (Å²) in [5, 5.41) is 0. The highest BCUT2D eigenvalue weighted by atomic mass is 16.5. The van der Waals surface area contributed by atoms with Gasteiger partial charge in [-0.25, -0.2) is 0 Å². The Morgan fingerprint density at radius 3 is 1.58 bits per heavy atom. The van der Waals surface area contributed by atoms with Crippen LogP contribution < -0.4 is 9.47 Å². The highest BCUT2D eigenvalue weighted by Gasteiger charge is 2.07. The highest BCUT2D eigenvalue weighted by Crippen LogP contribution is 2.18. The van der Waals surface area contributed by atoms with Gasteiger partial charge >= 0.3 is 5.97 Å². The molecular formula is C22H30O4. The summed E-state index contributed by atoms with van der Waals surface area (Å²) in [5.74, 6) is 0.540. The molecule has 0 fully saturated rings. The topological polar surface area (TPSA) is 52.6 Å². The number of carbonyl (C=O) groups is 2. The summed E-state index contributed by atoms with van der Waals surface area (Å²) in [6, 6.07) is 15.1. The zero-order valence-electron chi connectivity index (χ0n) is 16.7. The molecule has 4 nitrogen and oxygen atoms in total. The number of rotatable bonds is 6. The summed E-state index contributed by atoms with van der Waals surface area (Å²) >= 11 is 0. The van der Waals surface area contributed by atoms with Crippen molar-refractivity contribution in [3.05, 3.63) is 59.7 Å². The molecule has 0 aliphatic rings. The molecule has 0 saturated heterocycles. The molecule has 0 heterocycles. The van der Waals surface area contributed by atoms with E-state index in [1.54, 1.807) is 19.2 Å². The third-order valence-corrected chi connectivity index (χ3v) is 3.12. The Balaban J connectivity index is 0.00000146. The number of benzene rings is 2. The van der Waals surface area contributed by atoms with E-state index in [2.05, 4.69) is 0 Å². The number of ketones is 1. The van der Waals surface area contributed by atoms with Gasteiger partial charge in [-0.1, -0.05) is 52.0 Å². The fraction of sp³-hybridized carbons (Fsp3) is 0.364. The lowest BCUT2D eigenvalue weighted by Gasteiger charge is -2.06. The third-order valence-electron chi connectivity index (χ3n) is 3.12. The smallest absolute Gasteiger partial charge is 0.318 e.